The molecule has 1 saturated carbocycles. The molecule has 2 aliphatic heterocycles. The van der Waals surface area contributed by atoms with E-state index in [-0.39, 0.29) is 10.8 Å². The number of rotatable bonds is 10. The average Bonchev–Trinajstić information content (AvgIpc) is 3.85. The Bertz CT molecular complexity index is 2540. The van der Waals surface area contributed by atoms with Crippen molar-refractivity contribution in [3.8, 4) is 0 Å². The predicted octanol–water partition coefficient (Wildman–Crippen LogP) is 14.1. The van der Waals surface area contributed by atoms with Gasteiger partial charge in [0, 0.05) is 82.1 Å². The van der Waals surface area contributed by atoms with Gasteiger partial charge in [0.15, 0.2) is 0 Å². The molecule has 0 amide bonds. The first-order valence-corrected chi connectivity index (χ1v) is 22.6. The second kappa shape index (κ2) is 17.1. The van der Waals surface area contributed by atoms with E-state index in [2.05, 4.69) is 238 Å². The van der Waals surface area contributed by atoms with Crippen molar-refractivity contribution in [2.45, 2.75) is 78.1 Å². The summed E-state index contributed by atoms with van der Waals surface area (Å²) in [7, 11) is 0. The van der Waals surface area contributed by atoms with Gasteiger partial charge in [-0.25, -0.2) is 0 Å². The fraction of sp³-hybridized carbons (Fsp3) is 0.237. The van der Waals surface area contributed by atoms with Crippen LogP contribution in [0.5, 0.6) is 0 Å². The minimum absolute atomic E-state index is 0.153. The molecular formula is C59H60N3+. The second-order valence-electron chi connectivity index (χ2n) is 18.4. The molecule has 3 heteroatoms. The van der Waals surface area contributed by atoms with Crippen molar-refractivity contribution in [1.29, 1.82) is 0 Å². The third-order valence-corrected chi connectivity index (χ3v) is 13.4. The smallest absolute Gasteiger partial charge is 0.218 e. The number of nitrogens with zero attached hydrogens (tertiary/aromatic N) is 3. The van der Waals surface area contributed by atoms with Gasteiger partial charge in [-0.05, 0) is 86.1 Å². The van der Waals surface area contributed by atoms with Crippen LogP contribution >= 0.6 is 0 Å². The lowest BCUT2D eigenvalue weighted by Gasteiger charge is -2.27. The van der Waals surface area contributed by atoms with Gasteiger partial charge >= 0.3 is 0 Å². The standard InChI is InChI=1S/C59H60N3/c1-43-27-33-53-51(41-43)58(3,4)55(60(53)39-37-45-19-11-7-12-20-45)35-31-47-29-30-48(57(47)62(49-23-15-9-16-24-49)50-25-17-10-18-26-50)32-36-56-59(5,6)52-42-44(2)28-34-54(52)61(56)40-38-46-21-13-8-14-22-46/h7-28,31-36,41-42H,29-30,37-40H2,1-6H3/q+1. The Morgan fingerprint density at radius 1 is 0.468 bits per heavy atom. The van der Waals surface area contributed by atoms with Gasteiger partial charge in [-0.3, -0.25) is 0 Å². The first kappa shape index (κ1) is 40.9. The molecule has 0 saturated heterocycles. The van der Waals surface area contributed by atoms with E-state index in [0.29, 0.717) is 0 Å². The molecule has 6 aromatic carbocycles. The monoisotopic (exact) mass is 810 g/mol. The molecule has 0 radical (unpaired) electrons. The van der Waals surface area contributed by atoms with Crippen molar-refractivity contribution in [2.24, 2.45) is 0 Å². The Kier molecular flexibility index (Phi) is 11.3. The molecule has 1 fully saturated rings. The Morgan fingerprint density at radius 2 is 0.839 bits per heavy atom. The molecular weight excluding hydrogens is 751 g/mol. The zero-order valence-corrected chi connectivity index (χ0v) is 37.4. The largest absolute Gasteiger partial charge is 0.344 e. The summed E-state index contributed by atoms with van der Waals surface area (Å²) in [4.78, 5) is 5.18. The highest BCUT2D eigenvalue weighted by molar-refractivity contribution is 6.17. The van der Waals surface area contributed by atoms with Crippen LogP contribution in [0.15, 0.2) is 205 Å². The highest BCUT2D eigenvalue weighted by atomic mass is 15.2. The van der Waals surface area contributed by atoms with Crippen LogP contribution in [0.1, 0.15) is 73.9 Å². The Balaban J connectivity index is 1.19. The summed E-state index contributed by atoms with van der Waals surface area (Å²) >= 11 is 0. The van der Waals surface area contributed by atoms with Gasteiger partial charge in [0.05, 0.1) is 0 Å². The number of benzene rings is 6. The summed E-state index contributed by atoms with van der Waals surface area (Å²) < 4.78 is 2.50. The van der Waals surface area contributed by atoms with Crippen LogP contribution in [0, 0.1) is 13.8 Å². The molecule has 0 aromatic heterocycles. The van der Waals surface area contributed by atoms with Crippen LogP contribution in [0.3, 0.4) is 0 Å². The van der Waals surface area contributed by atoms with Crippen molar-refractivity contribution in [3.63, 3.8) is 0 Å². The second-order valence-corrected chi connectivity index (χ2v) is 18.4. The first-order chi connectivity index (χ1) is 30.1. The number of fused-ring (bicyclic) bond motifs is 2. The molecule has 0 spiro atoms. The molecule has 0 atom stereocenters. The summed E-state index contributed by atoms with van der Waals surface area (Å²) in [5.74, 6) is 0. The van der Waals surface area contributed by atoms with Gasteiger partial charge in [0.2, 0.25) is 17.1 Å². The molecule has 3 aliphatic rings. The normalized spacial score (nSPS) is 18.9. The van der Waals surface area contributed by atoms with E-state index in [1.165, 1.54) is 73.0 Å². The maximum Gasteiger partial charge on any atom is 0.218 e. The Hall–Kier alpha value is -6.45. The minimum Gasteiger partial charge on any atom is -0.344 e. The molecule has 310 valence electrons. The Morgan fingerprint density at radius 3 is 1.23 bits per heavy atom. The average molecular weight is 811 g/mol. The van der Waals surface area contributed by atoms with Gasteiger partial charge in [0.25, 0.3) is 0 Å². The maximum absolute atomic E-state index is 2.59. The van der Waals surface area contributed by atoms with Crippen LogP contribution in [0.25, 0.3) is 0 Å². The van der Waals surface area contributed by atoms with E-state index in [1.54, 1.807) is 0 Å². The van der Waals surface area contributed by atoms with Crippen LogP contribution in [0.4, 0.5) is 22.7 Å². The van der Waals surface area contributed by atoms with Gasteiger partial charge in [-0.2, -0.15) is 4.58 Å². The fourth-order valence-corrected chi connectivity index (χ4v) is 10.1. The van der Waals surface area contributed by atoms with Crippen molar-refractivity contribution in [1.82, 2.24) is 4.58 Å². The molecule has 0 unspecified atom stereocenters. The van der Waals surface area contributed by atoms with E-state index < -0.39 is 0 Å². The predicted molar refractivity (Wildman–Crippen MR) is 264 cm³/mol. The molecule has 62 heavy (non-hydrogen) atoms. The lowest BCUT2D eigenvalue weighted by molar-refractivity contribution is 0.629. The number of para-hydroxylation sites is 2. The quantitative estimate of drug-likeness (QED) is 0.128. The van der Waals surface area contributed by atoms with Crippen LogP contribution in [-0.4, -0.2) is 18.8 Å². The van der Waals surface area contributed by atoms with Crippen LogP contribution in [0.2, 0.25) is 0 Å². The third kappa shape index (κ3) is 7.93. The summed E-state index contributed by atoms with van der Waals surface area (Å²) in [6, 6.07) is 57.7. The van der Waals surface area contributed by atoms with E-state index in [0.717, 1.165) is 50.1 Å². The lowest BCUT2D eigenvalue weighted by Crippen LogP contribution is -2.28. The summed E-state index contributed by atoms with van der Waals surface area (Å²) in [6.07, 6.45) is 13.7. The van der Waals surface area contributed by atoms with Crippen molar-refractivity contribution < 1.29 is 0 Å². The van der Waals surface area contributed by atoms with Crippen LogP contribution in [-0.2, 0) is 23.7 Å². The van der Waals surface area contributed by atoms with Crippen LogP contribution < -0.4 is 14.4 Å². The molecule has 0 N–H and O–H groups in total. The number of allylic oxidation sites excluding steroid dienone is 8. The van der Waals surface area contributed by atoms with Crippen molar-refractivity contribution in [3.05, 3.63) is 238 Å². The highest BCUT2D eigenvalue weighted by Crippen LogP contribution is 2.50. The maximum atomic E-state index is 2.59. The van der Waals surface area contributed by atoms with Crippen molar-refractivity contribution >= 4 is 28.5 Å². The number of aryl methyl sites for hydroxylation is 2. The lowest BCUT2D eigenvalue weighted by atomic mass is 9.83. The number of hydrogen-bond acceptors (Lipinski definition) is 2. The number of hydrogen-bond donors (Lipinski definition) is 0. The Labute approximate surface area is 370 Å². The summed E-state index contributed by atoms with van der Waals surface area (Å²) in [5, 5.41) is 0. The molecule has 0 bridgehead atoms. The zero-order valence-electron chi connectivity index (χ0n) is 37.4. The van der Waals surface area contributed by atoms with Gasteiger partial charge in [-0.1, -0.05) is 172 Å². The number of anilines is 2. The SMILES string of the molecule is Cc1ccc2c(c1)C(C)(C)C(=CC=C1CC/C(=C\C=C3/N(CCc4ccccc4)c4ccc(C)cc4C3(C)C)C1=[N+](c1ccccc1)c1ccccc1)N2CCc1ccccc1. The topological polar surface area (TPSA) is 9.49 Å². The molecule has 9 rings (SSSR count). The van der Waals surface area contributed by atoms with E-state index in [4.69, 9.17) is 0 Å². The van der Waals surface area contributed by atoms with Gasteiger partial charge in [-0.15, -0.1) is 0 Å². The van der Waals surface area contributed by atoms with Gasteiger partial charge < -0.3 is 9.80 Å². The van der Waals surface area contributed by atoms with E-state index >= 15 is 0 Å². The van der Waals surface area contributed by atoms with Gasteiger partial charge in [0.1, 0.15) is 0 Å². The molecule has 2 heterocycles. The highest BCUT2D eigenvalue weighted by Gasteiger charge is 2.42. The summed E-state index contributed by atoms with van der Waals surface area (Å²) in [6.45, 7) is 15.9. The van der Waals surface area contributed by atoms with Crippen molar-refractivity contribution in [2.75, 3.05) is 22.9 Å². The third-order valence-electron chi connectivity index (χ3n) is 13.4. The molecule has 3 nitrogen and oxygen atoms in total. The summed E-state index contributed by atoms with van der Waals surface area (Å²) in [5.41, 5.74) is 19.5. The minimum atomic E-state index is -0.153. The first-order valence-electron chi connectivity index (χ1n) is 22.6. The fourth-order valence-electron chi connectivity index (χ4n) is 10.1. The zero-order chi connectivity index (χ0) is 42.8. The van der Waals surface area contributed by atoms with E-state index in [9.17, 15) is 0 Å². The molecule has 1 aliphatic carbocycles. The van der Waals surface area contributed by atoms with E-state index in [1.807, 2.05) is 0 Å². The molecule has 6 aromatic rings.